The van der Waals surface area contributed by atoms with E-state index >= 15 is 0 Å². The van der Waals surface area contributed by atoms with Gasteiger partial charge in [0.2, 0.25) is 5.88 Å². The van der Waals surface area contributed by atoms with Gasteiger partial charge in [0.15, 0.2) is 5.15 Å². The molecule has 0 radical (unpaired) electrons. The molecule has 0 amide bonds. The Balaban J connectivity index is 2.00. The molecule has 0 aliphatic carbocycles. The predicted molar refractivity (Wildman–Crippen MR) is 63.7 cm³/mol. The highest BCUT2D eigenvalue weighted by Gasteiger charge is 2.17. The van der Waals surface area contributed by atoms with Crippen LogP contribution in [0.5, 0.6) is 5.88 Å². The van der Waals surface area contributed by atoms with Crippen molar-refractivity contribution >= 4 is 34.8 Å². The van der Waals surface area contributed by atoms with E-state index in [0.717, 1.165) is 19.6 Å². The summed E-state index contributed by atoms with van der Waals surface area (Å²) >= 11 is 17.5. The fraction of sp³-hybridized carbons (Fsp3) is 0.500. The topological polar surface area (TPSA) is 31.4 Å². The summed E-state index contributed by atoms with van der Waals surface area (Å²) in [6.07, 6.45) is 0.999. The van der Waals surface area contributed by atoms with Crippen LogP contribution in [0.2, 0.25) is 15.2 Å². The number of nitrogens with zero attached hydrogens (tertiary/aromatic N) is 1. The van der Waals surface area contributed by atoms with Gasteiger partial charge < -0.3 is 9.47 Å². The van der Waals surface area contributed by atoms with Crippen molar-refractivity contribution in [1.82, 2.24) is 4.98 Å². The van der Waals surface area contributed by atoms with Crippen molar-refractivity contribution in [1.29, 1.82) is 0 Å². The summed E-state index contributed by atoms with van der Waals surface area (Å²) in [5.41, 5.74) is 0. The molecule has 1 aromatic rings. The van der Waals surface area contributed by atoms with E-state index in [1.807, 2.05) is 0 Å². The van der Waals surface area contributed by atoms with E-state index in [0.29, 0.717) is 28.5 Å². The van der Waals surface area contributed by atoms with E-state index in [1.54, 1.807) is 0 Å². The highest BCUT2D eigenvalue weighted by atomic mass is 35.5. The second kappa shape index (κ2) is 5.41. The molecule has 16 heavy (non-hydrogen) atoms. The lowest BCUT2D eigenvalue weighted by molar-refractivity contribution is 0.165. The van der Waals surface area contributed by atoms with Gasteiger partial charge in [0.05, 0.1) is 18.2 Å². The van der Waals surface area contributed by atoms with Gasteiger partial charge in [-0.3, -0.25) is 0 Å². The van der Waals surface area contributed by atoms with Crippen molar-refractivity contribution in [3.05, 3.63) is 21.3 Å². The standard InChI is InChI=1S/C10H10Cl3NO2/c11-7-3-8(12)10(14-9(7)13)16-5-6-1-2-15-4-6/h3,6H,1-2,4-5H2. The molecule has 1 unspecified atom stereocenters. The van der Waals surface area contributed by atoms with Crippen LogP contribution in [0.3, 0.4) is 0 Å². The van der Waals surface area contributed by atoms with E-state index in [4.69, 9.17) is 44.3 Å². The maximum Gasteiger partial charge on any atom is 0.234 e. The van der Waals surface area contributed by atoms with Gasteiger partial charge in [0.25, 0.3) is 0 Å². The Kier molecular flexibility index (Phi) is 4.14. The van der Waals surface area contributed by atoms with Crippen molar-refractivity contribution in [2.24, 2.45) is 5.92 Å². The number of ether oxygens (including phenoxy) is 2. The molecule has 1 atom stereocenters. The normalized spacial score (nSPS) is 20.1. The van der Waals surface area contributed by atoms with Crippen molar-refractivity contribution in [2.45, 2.75) is 6.42 Å². The van der Waals surface area contributed by atoms with Crippen LogP contribution in [0.4, 0.5) is 0 Å². The van der Waals surface area contributed by atoms with Crippen LogP contribution >= 0.6 is 34.8 Å². The van der Waals surface area contributed by atoms with Crippen molar-refractivity contribution < 1.29 is 9.47 Å². The number of hydrogen-bond acceptors (Lipinski definition) is 3. The summed E-state index contributed by atoms with van der Waals surface area (Å²) in [6, 6.07) is 1.53. The minimum atomic E-state index is 0.198. The number of pyridine rings is 1. The van der Waals surface area contributed by atoms with Crippen LogP contribution in [0.15, 0.2) is 6.07 Å². The molecule has 1 fully saturated rings. The van der Waals surface area contributed by atoms with Gasteiger partial charge in [-0.2, -0.15) is 4.98 Å². The number of rotatable bonds is 3. The highest BCUT2D eigenvalue weighted by Crippen LogP contribution is 2.30. The second-order valence-corrected chi connectivity index (χ2v) is 4.76. The molecule has 1 saturated heterocycles. The fourth-order valence-corrected chi connectivity index (χ4v) is 1.99. The average molecular weight is 283 g/mol. The quantitative estimate of drug-likeness (QED) is 0.796. The number of aromatic nitrogens is 1. The van der Waals surface area contributed by atoms with Crippen LogP contribution in [-0.2, 0) is 4.74 Å². The van der Waals surface area contributed by atoms with Crippen LogP contribution < -0.4 is 4.74 Å². The average Bonchev–Trinajstić information content (AvgIpc) is 2.74. The second-order valence-electron chi connectivity index (χ2n) is 3.59. The van der Waals surface area contributed by atoms with Crippen molar-refractivity contribution in [2.75, 3.05) is 19.8 Å². The minimum Gasteiger partial charge on any atom is -0.476 e. The summed E-state index contributed by atoms with van der Waals surface area (Å²) in [5.74, 6) is 0.718. The summed E-state index contributed by atoms with van der Waals surface area (Å²) in [4.78, 5) is 3.97. The van der Waals surface area contributed by atoms with Gasteiger partial charge in [-0.15, -0.1) is 0 Å². The molecule has 0 saturated carbocycles. The molecule has 0 N–H and O–H groups in total. The van der Waals surface area contributed by atoms with Gasteiger partial charge in [-0.05, 0) is 12.5 Å². The maximum absolute atomic E-state index is 5.93. The zero-order chi connectivity index (χ0) is 11.5. The van der Waals surface area contributed by atoms with Gasteiger partial charge in [-0.1, -0.05) is 34.8 Å². The smallest absolute Gasteiger partial charge is 0.234 e. The highest BCUT2D eigenvalue weighted by molar-refractivity contribution is 6.42. The summed E-state index contributed by atoms with van der Waals surface area (Å²) in [7, 11) is 0. The number of hydrogen-bond donors (Lipinski definition) is 0. The van der Waals surface area contributed by atoms with Gasteiger partial charge in [-0.25, -0.2) is 0 Å². The van der Waals surface area contributed by atoms with E-state index in [-0.39, 0.29) is 5.15 Å². The Bertz CT molecular complexity index is 381. The first-order chi connectivity index (χ1) is 7.66. The van der Waals surface area contributed by atoms with Crippen molar-refractivity contribution in [3.63, 3.8) is 0 Å². The zero-order valence-electron chi connectivity index (χ0n) is 8.38. The minimum absolute atomic E-state index is 0.198. The Morgan fingerprint density at radius 3 is 2.88 bits per heavy atom. The van der Waals surface area contributed by atoms with Crippen LogP contribution in [0.25, 0.3) is 0 Å². The Morgan fingerprint density at radius 2 is 2.19 bits per heavy atom. The molecule has 88 valence electrons. The summed E-state index contributed by atoms with van der Waals surface area (Å²) in [5, 5.41) is 0.889. The Morgan fingerprint density at radius 1 is 1.38 bits per heavy atom. The molecule has 2 rings (SSSR count). The Hall–Kier alpha value is -0.220. The third-order valence-electron chi connectivity index (χ3n) is 2.33. The van der Waals surface area contributed by atoms with Crippen LogP contribution in [-0.4, -0.2) is 24.8 Å². The fourth-order valence-electron chi connectivity index (χ4n) is 1.44. The lowest BCUT2D eigenvalue weighted by Crippen LogP contribution is -2.12. The molecular formula is C10H10Cl3NO2. The first kappa shape index (κ1) is 12.2. The van der Waals surface area contributed by atoms with Gasteiger partial charge >= 0.3 is 0 Å². The maximum atomic E-state index is 5.93. The van der Waals surface area contributed by atoms with E-state index in [2.05, 4.69) is 4.98 Å². The molecule has 1 aromatic heterocycles. The zero-order valence-corrected chi connectivity index (χ0v) is 10.6. The molecular weight excluding hydrogens is 272 g/mol. The molecule has 0 bridgehead atoms. The monoisotopic (exact) mass is 281 g/mol. The van der Waals surface area contributed by atoms with Gasteiger partial charge in [0.1, 0.15) is 5.02 Å². The third kappa shape index (κ3) is 2.92. The number of halogens is 3. The summed E-state index contributed by atoms with van der Waals surface area (Å²) < 4.78 is 10.7. The third-order valence-corrected chi connectivity index (χ3v) is 3.28. The molecule has 1 aliphatic rings. The predicted octanol–water partition coefficient (Wildman–Crippen LogP) is 3.46. The van der Waals surface area contributed by atoms with E-state index in [9.17, 15) is 0 Å². The molecule has 0 aromatic carbocycles. The van der Waals surface area contributed by atoms with Crippen molar-refractivity contribution in [3.8, 4) is 5.88 Å². The lowest BCUT2D eigenvalue weighted by Gasteiger charge is -2.11. The molecule has 2 heterocycles. The lowest BCUT2D eigenvalue weighted by atomic mass is 10.1. The molecule has 6 heteroatoms. The van der Waals surface area contributed by atoms with Gasteiger partial charge in [0, 0.05) is 12.5 Å². The molecule has 0 spiro atoms. The largest absolute Gasteiger partial charge is 0.476 e. The van der Waals surface area contributed by atoms with E-state index in [1.165, 1.54) is 6.07 Å². The van der Waals surface area contributed by atoms with Crippen LogP contribution in [0, 0.1) is 5.92 Å². The first-order valence-electron chi connectivity index (χ1n) is 4.89. The Labute approximate surface area is 109 Å². The summed E-state index contributed by atoms with van der Waals surface area (Å²) in [6.45, 7) is 2.04. The van der Waals surface area contributed by atoms with Crippen LogP contribution in [0.1, 0.15) is 6.42 Å². The SMILES string of the molecule is Clc1cc(Cl)c(OCC2CCOC2)nc1Cl. The molecule has 1 aliphatic heterocycles. The first-order valence-corrected chi connectivity index (χ1v) is 6.02. The molecule has 3 nitrogen and oxygen atoms in total. The van der Waals surface area contributed by atoms with E-state index < -0.39 is 0 Å².